The van der Waals surface area contributed by atoms with E-state index in [0.29, 0.717) is 25.1 Å². The van der Waals surface area contributed by atoms with Crippen molar-refractivity contribution in [2.24, 2.45) is 0 Å². The molecule has 0 aliphatic carbocycles. The fraction of sp³-hybridized carbons (Fsp3) is 0.556. The lowest BCUT2D eigenvalue weighted by Gasteiger charge is -2.09. The molecule has 1 aromatic carbocycles. The molecule has 1 saturated heterocycles. The number of phenolic OH excluding ortho intramolecular Hbond substituents is 2. The monoisotopic (exact) mass is 398 g/mol. The normalized spacial score (nSPS) is 16.4. The van der Waals surface area contributed by atoms with Gasteiger partial charge in [-0.1, -0.05) is 34.1 Å². The number of benzene rings is 1. The Morgan fingerprint density at radius 1 is 1.08 bits per heavy atom. The summed E-state index contributed by atoms with van der Waals surface area (Å²) in [5.74, 6) is 0.619. The Labute approximate surface area is 161 Å². The van der Waals surface area contributed by atoms with E-state index in [4.69, 9.17) is 0 Å². The molecule has 2 rings (SSSR count). The molecule has 1 unspecified atom stereocenters. The molecule has 0 saturated carbocycles. The Balaban J connectivity index is 1.50. The zero-order valence-corrected chi connectivity index (χ0v) is 16.3. The average Bonchev–Trinajstić information content (AvgIpc) is 3.12. The molecule has 1 heterocycles. The lowest BCUT2D eigenvalue weighted by Crippen LogP contribution is -2.35. The molecule has 2 amide bonds. The minimum atomic E-state index is -0.243. The van der Waals surface area contributed by atoms with Crippen LogP contribution in [-0.4, -0.2) is 46.1 Å². The third kappa shape index (κ3) is 7.78. The highest BCUT2D eigenvalue weighted by molar-refractivity contribution is 8.77. The van der Waals surface area contributed by atoms with Crippen LogP contribution in [0.4, 0.5) is 0 Å². The predicted molar refractivity (Wildman–Crippen MR) is 106 cm³/mol. The van der Waals surface area contributed by atoms with Gasteiger partial charge >= 0.3 is 0 Å². The topological polar surface area (TPSA) is 98.7 Å². The Morgan fingerprint density at radius 2 is 1.85 bits per heavy atom. The van der Waals surface area contributed by atoms with Crippen LogP contribution in [0.5, 0.6) is 11.5 Å². The first-order valence-corrected chi connectivity index (χ1v) is 11.3. The molecule has 144 valence electrons. The van der Waals surface area contributed by atoms with E-state index in [1.54, 1.807) is 6.07 Å². The summed E-state index contributed by atoms with van der Waals surface area (Å²) in [6, 6.07) is 4.29. The molecular formula is C18H26N2O4S2. The lowest BCUT2D eigenvalue weighted by molar-refractivity contribution is -0.122. The Morgan fingerprint density at radius 3 is 2.54 bits per heavy atom. The van der Waals surface area contributed by atoms with E-state index in [9.17, 15) is 19.8 Å². The smallest absolute Gasteiger partial charge is 0.224 e. The number of hydrogen-bond acceptors (Lipinski definition) is 6. The van der Waals surface area contributed by atoms with Crippen LogP contribution in [-0.2, 0) is 16.0 Å². The van der Waals surface area contributed by atoms with Crippen LogP contribution < -0.4 is 10.6 Å². The van der Waals surface area contributed by atoms with E-state index in [2.05, 4.69) is 10.6 Å². The van der Waals surface area contributed by atoms with Crippen LogP contribution in [0.15, 0.2) is 18.2 Å². The van der Waals surface area contributed by atoms with Gasteiger partial charge in [0.1, 0.15) is 0 Å². The molecule has 4 N–H and O–H groups in total. The summed E-state index contributed by atoms with van der Waals surface area (Å²) >= 11 is 0. The maximum absolute atomic E-state index is 11.8. The molecular weight excluding hydrogens is 372 g/mol. The predicted octanol–water partition coefficient (Wildman–Crippen LogP) is 2.59. The molecule has 0 bridgehead atoms. The third-order valence-electron chi connectivity index (χ3n) is 4.08. The fourth-order valence-corrected chi connectivity index (χ4v) is 5.67. The highest BCUT2D eigenvalue weighted by atomic mass is 33.1. The summed E-state index contributed by atoms with van der Waals surface area (Å²) < 4.78 is 0. The van der Waals surface area contributed by atoms with Crippen LogP contribution >= 0.6 is 21.6 Å². The van der Waals surface area contributed by atoms with Crippen molar-refractivity contribution in [1.29, 1.82) is 0 Å². The maximum Gasteiger partial charge on any atom is 0.224 e. The molecule has 26 heavy (non-hydrogen) atoms. The van der Waals surface area contributed by atoms with Gasteiger partial charge in [-0.15, -0.1) is 0 Å². The average molecular weight is 399 g/mol. The van der Waals surface area contributed by atoms with Gasteiger partial charge in [0.15, 0.2) is 11.5 Å². The number of amides is 2. The number of carbonyl (C=O) groups excluding carboxylic acids is 2. The molecule has 6 nitrogen and oxygen atoms in total. The van der Waals surface area contributed by atoms with Crippen LogP contribution in [0.2, 0.25) is 0 Å². The summed E-state index contributed by atoms with van der Waals surface area (Å²) in [5.41, 5.74) is 0.612. The van der Waals surface area contributed by atoms with Crippen LogP contribution in [0, 0.1) is 0 Å². The van der Waals surface area contributed by atoms with Gasteiger partial charge < -0.3 is 20.8 Å². The number of carbonyl (C=O) groups is 2. The molecule has 0 spiro atoms. The third-order valence-corrected chi connectivity index (χ3v) is 7.09. The summed E-state index contributed by atoms with van der Waals surface area (Å²) in [6.07, 6.45) is 5.11. The molecule has 1 aliphatic rings. The highest BCUT2D eigenvalue weighted by Gasteiger charge is 2.15. The summed E-state index contributed by atoms with van der Waals surface area (Å²) in [5, 5.41) is 24.9. The number of aromatic hydroxyl groups is 2. The van der Waals surface area contributed by atoms with Crippen LogP contribution in [0.25, 0.3) is 0 Å². The molecule has 0 aromatic heterocycles. The standard InChI is InChI=1S/C18H26N2O4S2/c21-15-6-5-13(11-16(15)22)12-18(24)20-9-8-19-17(23)4-2-1-3-14-7-10-25-26-14/h5-6,11,14,21-22H,1-4,7-10,12H2,(H,19,23)(H,20,24). The van der Waals surface area contributed by atoms with Crippen molar-refractivity contribution in [2.45, 2.75) is 43.8 Å². The quantitative estimate of drug-likeness (QED) is 0.275. The van der Waals surface area contributed by atoms with Crippen molar-refractivity contribution >= 4 is 33.4 Å². The van der Waals surface area contributed by atoms with E-state index in [1.165, 1.54) is 30.7 Å². The number of phenols is 2. The Bertz CT molecular complexity index is 607. The highest BCUT2D eigenvalue weighted by Crippen LogP contribution is 2.39. The first kappa shape index (κ1) is 20.8. The number of nitrogens with one attached hydrogen (secondary N) is 2. The zero-order chi connectivity index (χ0) is 18.8. The van der Waals surface area contributed by atoms with Gasteiger partial charge in [0.25, 0.3) is 0 Å². The van der Waals surface area contributed by atoms with Crippen molar-refractivity contribution in [2.75, 3.05) is 18.8 Å². The summed E-state index contributed by atoms with van der Waals surface area (Å²) in [7, 11) is 3.92. The molecule has 8 heteroatoms. The molecule has 1 aliphatic heterocycles. The SMILES string of the molecule is O=C(CCCCC1CCSS1)NCCNC(=O)Cc1ccc(O)c(O)c1. The minimum Gasteiger partial charge on any atom is -0.504 e. The van der Waals surface area contributed by atoms with E-state index < -0.39 is 0 Å². The van der Waals surface area contributed by atoms with Gasteiger partial charge in [-0.05, 0) is 37.0 Å². The summed E-state index contributed by atoms with van der Waals surface area (Å²) in [4.78, 5) is 23.6. The lowest BCUT2D eigenvalue weighted by atomic mass is 10.1. The second kappa shape index (κ2) is 11.2. The van der Waals surface area contributed by atoms with Gasteiger partial charge in [-0.2, -0.15) is 0 Å². The summed E-state index contributed by atoms with van der Waals surface area (Å²) in [6.45, 7) is 0.769. The molecule has 1 atom stereocenters. The van der Waals surface area contributed by atoms with E-state index >= 15 is 0 Å². The van der Waals surface area contributed by atoms with Crippen molar-refractivity contribution < 1.29 is 19.8 Å². The van der Waals surface area contributed by atoms with Gasteiger partial charge in [0.05, 0.1) is 6.42 Å². The molecule has 1 fully saturated rings. The van der Waals surface area contributed by atoms with Crippen molar-refractivity contribution in [3.63, 3.8) is 0 Å². The Hall–Kier alpha value is -1.54. The number of unbranched alkanes of at least 4 members (excludes halogenated alkanes) is 1. The van der Waals surface area contributed by atoms with Crippen molar-refractivity contribution in [1.82, 2.24) is 10.6 Å². The van der Waals surface area contributed by atoms with Gasteiger partial charge in [-0.25, -0.2) is 0 Å². The number of rotatable bonds is 10. The number of hydrogen-bond donors (Lipinski definition) is 4. The van der Waals surface area contributed by atoms with Gasteiger partial charge in [-0.3, -0.25) is 9.59 Å². The second-order valence-electron chi connectivity index (χ2n) is 6.27. The van der Waals surface area contributed by atoms with Crippen molar-refractivity contribution in [3.05, 3.63) is 23.8 Å². The van der Waals surface area contributed by atoms with Gasteiger partial charge in [0, 0.05) is 30.5 Å². The molecule has 1 aromatic rings. The fourth-order valence-electron chi connectivity index (χ4n) is 2.64. The maximum atomic E-state index is 11.8. The van der Waals surface area contributed by atoms with Crippen LogP contribution in [0.3, 0.4) is 0 Å². The van der Waals surface area contributed by atoms with Crippen molar-refractivity contribution in [3.8, 4) is 11.5 Å². The van der Waals surface area contributed by atoms with E-state index in [0.717, 1.165) is 18.1 Å². The largest absolute Gasteiger partial charge is 0.504 e. The zero-order valence-electron chi connectivity index (χ0n) is 14.7. The van der Waals surface area contributed by atoms with Crippen LogP contribution in [0.1, 0.15) is 37.7 Å². The minimum absolute atomic E-state index is 0.0242. The molecule has 0 radical (unpaired) electrons. The van der Waals surface area contributed by atoms with Gasteiger partial charge in [0.2, 0.25) is 11.8 Å². The Kier molecular flexibility index (Phi) is 8.97. The second-order valence-corrected chi connectivity index (χ2v) is 9.06. The first-order valence-electron chi connectivity index (χ1n) is 8.87. The van der Waals surface area contributed by atoms with E-state index in [1.807, 2.05) is 21.6 Å². The first-order chi connectivity index (χ1) is 12.5. The van der Waals surface area contributed by atoms with E-state index in [-0.39, 0.29) is 29.7 Å².